The molecule has 2 rings (SSSR count). The van der Waals surface area contributed by atoms with Crippen LogP contribution in [-0.2, 0) is 4.74 Å². The zero-order valence-corrected chi connectivity index (χ0v) is 16.2. The Morgan fingerprint density at radius 3 is 2.81 bits per heavy atom. The molecular weight excluding hydrogens is 395 g/mol. The van der Waals surface area contributed by atoms with Crippen molar-refractivity contribution in [3.8, 4) is 11.6 Å². The van der Waals surface area contributed by atoms with Crippen molar-refractivity contribution in [1.82, 2.24) is 10.3 Å². The lowest BCUT2D eigenvalue weighted by molar-refractivity contribution is 0.0837. The third-order valence-corrected chi connectivity index (χ3v) is 4.19. The first kappa shape index (κ1) is 21.2. The molecule has 2 N–H and O–H groups in total. The summed E-state index contributed by atoms with van der Waals surface area (Å²) in [5.74, 6) is 0.134. The SMILES string of the molecule is COCCOc1ncccc1C(=O)NCC(O)COc1cccc(Cl)c1Cl. The van der Waals surface area contributed by atoms with Crippen LogP contribution >= 0.6 is 23.2 Å². The number of nitrogens with one attached hydrogen (secondary N) is 1. The van der Waals surface area contributed by atoms with Gasteiger partial charge in [0, 0.05) is 19.9 Å². The second-order valence-electron chi connectivity index (χ2n) is 5.42. The Morgan fingerprint density at radius 1 is 1.22 bits per heavy atom. The van der Waals surface area contributed by atoms with Crippen molar-refractivity contribution in [3.63, 3.8) is 0 Å². The summed E-state index contributed by atoms with van der Waals surface area (Å²) in [5, 5.41) is 13.3. The van der Waals surface area contributed by atoms with Gasteiger partial charge in [0.2, 0.25) is 5.88 Å². The van der Waals surface area contributed by atoms with Crippen molar-refractivity contribution in [2.45, 2.75) is 6.10 Å². The van der Waals surface area contributed by atoms with Crippen LogP contribution in [0.15, 0.2) is 36.5 Å². The fraction of sp³-hybridized carbons (Fsp3) is 0.333. The first-order valence-corrected chi connectivity index (χ1v) is 8.88. The van der Waals surface area contributed by atoms with Crippen LogP contribution in [0.25, 0.3) is 0 Å². The highest BCUT2D eigenvalue weighted by Crippen LogP contribution is 2.31. The highest BCUT2D eigenvalue weighted by molar-refractivity contribution is 6.42. The number of rotatable bonds is 10. The molecule has 1 atom stereocenters. The number of ether oxygens (including phenoxy) is 3. The van der Waals surface area contributed by atoms with Gasteiger partial charge in [-0.05, 0) is 24.3 Å². The maximum atomic E-state index is 12.3. The van der Waals surface area contributed by atoms with Crippen LogP contribution in [0.3, 0.4) is 0 Å². The Kier molecular flexibility index (Phi) is 8.60. The fourth-order valence-corrected chi connectivity index (χ4v) is 2.39. The smallest absolute Gasteiger partial charge is 0.256 e. The molecule has 0 bridgehead atoms. The number of benzene rings is 1. The van der Waals surface area contributed by atoms with E-state index in [0.717, 1.165) is 0 Å². The van der Waals surface area contributed by atoms with Gasteiger partial charge in [0.25, 0.3) is 5.91 Å². The van der Waals surface area contributed by atoms with Crippen LogP contribution in [0.2, 0.25) is 10.0 Å². The van der Waals surface area contributed by atoms with Gasteiger partial charge in [-0.2, -0.15) is 0 Å². The van der Waals surface area contributed by atoms with Gasteiger partial charge in [-0.15, -0.1) is 0 Å². The van der Waals surface area contributed by atoms with E-state index >= 15 is 0 Å². The second kappa shape index (κ2) is 10.9. The van der Waals surface area contributed by atoms with Crippen molar-refractivity contribution in [2.24, 2.45) is 0 Å². The molecule has 0 radical (unpaired) electrons. The molecule has 9 heteroatoms. The van der Waals surface area contributed by atoms with E-state index in [4.69, 9.17) is 37.4 Å². The Bertz CT molecular complexity index is 760. The predicted molar refractivity (Wildman–Crippen MR) is 102 cm³/mol. The number of nitrogens with zero attached hydrogens (tertiary/aromatic N) is 1. The molecule has 0 fully saturated rings. The maximum absolute atomic E-state index is 12.3. The van der Waals surface area contributed by atoms with E-state index in [9.17, 15) is 9.90 Å². The minimum absolute atomic E-state index is 0.0244. The first-order chi connectivity index (χ1) is 13.0. The van der Waals surface area contributed by atoms with Crippen molar-refractivity contribution < 1.29 is 24.1 Å². The Hall–Kier alpha value is -2.06. The normalized spacial score (nSPS) is 11.7. The quantitative estimate of drug-likeness (QED) is 0.580. The van der Waals surface area contributed by atoms with Crippen molar-refractivity contribution >= 4 is 29.1 Å². The standard InChI is InChI=1S/C18H20Cl2N2O5/c1-25-8-9-26-18-13(4-3-7-21-18)17(24)22-10-12(23)11-27-15-6-2-5-14(19)16(15)20/h2-7,12,23H,8-11H2,1H3,(H,22,24). The van der Waals surface area contributed by atoms with Gasteiger partial charge in [-0.3, -0.25) is 4.79 Å². The first-order valence-electron chi connectivity index (χ1n) is 8.12. The summed E-state index contributed by atoms with van der Waals surface area (Å²) in [6.07, 6.45) is 0.578. The van der Waals surface area contributed by atoms with Crippen molar-refractivity contribution in [2.75, 3.05) is 33.5 Å². The van der Waals surface area contributed by atoms with Crippen LogP contribution in [0.5, 0.6) is 11.6 Å². The molecular formula is C18H20Cl2N2O5. The molecule has 0 aliphatic heterocycles. The van der Waals surface area contributed by atoms with E-state index in [1.165, 1.54) is 6.20 Å². The number of aromatic nitrogens is 1. The molecule has 1 aromatic heterocycles. The largest absolute Gasteiger partial charge is 0.489 e. The Balaban J connectivity index is 1.85. The van der Waals surface area contributed by atoms with Crippen LogP contribution < -0.4 is 14.8 Å². The number of hydrogen-bond donors (Lipinski definition) is 2. The molecule has 146 valence electrons. The molecule has 27 heavy (non-hydrogen) atoms. The summed E-state index contributed by atoms with van der Waals surface area (Å²) in [4.78, 5) is 16.4. The molecule has 7 nitrogen and oxygen atoms in total. The van der Waals surface area contributed by atoms with Crippen LogP contribution in [0, 0.1) is 0 Å². The lowest BCUT2D eigenvalue weighted by Crippen LogP contribution is -2.35. The summed E-state index contributed by atoms with van der Waals surface area (Å²) in [5.41, 5.74) is 0.264. The Labute approximate surface area is 167 Å². The number of aliphatic hydroxyl groups is 1. The summed E-state index contributed by atoms with van der Waals surface area (Å²) in [6.45, 7) is 0.554. The topological polar surface area (TPSA) is 89.9 Å². The molecule has 0 saturated heterocycles. The van der Waals surface area contributed by atoms with Gasteiger partial charge in [0.15, 0.2) is 0 Å². The summed E-state index contributed by atoms with van der Waals surface area (Å²) in [7, 11) is 1.55. The Morgan fingerprint density at radius 2 is 2.04 bits per heavy atom. The van der Waals surface area contributed by atoms with E-state index < -0.39 is 12.0 Å². The second-order valence-corrected chi connectivity index (χ2v) is 6.21. The highest BCUT2D eigenvalue weighted by Gasteiger charge is 2.16. The zero-order valence-electron chi connectivity index (χ0n) is 14.7. The van der Waals surface area contributed by atoms with E-state index in [1.807, 2.05) is 0 Å². The van der Waals surface area contributed by atoms with Crippen LogP contribution in [0.4, 0.5) is 0 Å². The number of amides is 1. The number of pyridine rings is 1. The number of halogens is 2. The molecule has 1 heterocycles. The molecule has 1 aromatic carbocycles. The number of hydrogen-bond acceptors (Lipinski definition) is 6. The number of aliphatic hydroxyl groups excluding tert-OH is 1. The van der Waals surface area contributed by atoms with E-state index in [0.29, 0.717) is 17.4 Å². The monoisotopic (exact) mass is 414 g/mol. The molecule has 2 aromatic rings. The van der Waals surface area contributed by atoms with E-state index in [1.54, 1.807) is 37.4 Å². The summed E-state index contributed by atoms with van der Waals surface area (Å²) in [6, 6.07) is 8.16. The number of carbonyl (C=O) groups is 1. The highest BCUT2D eigenvalue weighted by atomic mass is 35.5. The van der Waals surface area contributed by atoms with Gasteiger partial charge in [-0.25, -0.2) is 4.98 Å². The van der Waals surface area contributed by atoms with Crippen LogP contribution in [0.1, 0.15) is 10.4 Å². The summed E-state index contributed by atoms with van der Waals surface area (Å²) >= 11 is 11.9. The molecule has 0 saturated carbocycles. The van der Waals surface area contributed by atoms with Gasteiger partial charge in [-0.1, -0.05) is 29.3 Å². The molecule has 1 unspecified atom stereocenters. The molecule has 1 amide bonds. The predicted octanol–water partition coefficient (Wildman–Crippen LogP) is 2.58. The third-order valence-electron chi connectivity index (χ3n) is 3.39. The molecule has 0 aliphatic rings. The molecule has 0 spiro atoms. The van der Waals surface area contributed by atoms with Crippen molar-refractivity contribution in [1.29, 1.82) is 0 Å². The number of methoxy groups -OCH3 is 1. The van der Waals surface area contributed by atoms with Crippen molar-refractivity contribution in [3.05, 3.63) is 52.1 Å². The lowest BCUT2D eigenvalue weighted by atomic mass is 10.2. The average molecular weight is 415 g/mol. The lowest BCUT2D eigenvalue weighted by Gasteiger charge is -2.15. The van der Waals surface area contributed by atoms with Gasteiger partial charge in [0.1, 0.15) is 35.7 Å². The van der Waals surface area contributed by atoms with Gasteiger partial charge in [0.05, 0.1) is 11.6 Å². The minimum Gasteiger partial charge on any atom is -0.489 e. The fourth-order valence-electron chi connectivity index (χ4n) is 2.05. The van der Waals surface area contributed by atoms with E-state index in [2.05, 4.69) is 10.3 Å². The zero-order chi connectivity index (χ0) is 19.6. The van der Waals surface area contributed by atoms with E-state index in [-0.39, 0.29) is 36.2 Å². The number of carbonyl (C=O) groups excluding carboxylic acids is 1. The summed E-state index contributed by atoms with van der Waals surface area (Å²) < 4.78 is 15.8. The average Bonchev–Trinajstić information content (AvgIpc) is 2.68. The molecule has 0 aliphatic carbocycles. The third kappa shape index (κ3) is 6.55. The van der Waals surface area contributed by atoms with Gasteiger partial charge >= 0.3 is 0 Å². The minimum atomic E-state index is -0.946. The maximum Gasteiger partial charge on any atom is 0.256 e. The van der Waals surface area contributed by atoms with Crippen LogP contribution in [-0.4, -0.2) is 55.6 Å². The van der Waals surface area contributed by atoms with Gasteiger partial charge < -0.3 is 24.6 Å².